The van der Waals surface area contributed by atoms with Gasteiger partial charge in [-0.25, -0.2) is 4.39 Å². The number of halogens is 1. The van der Waals surface area contributed by atoms with Crippen LogP contribution in [0.5, 0.6) is 0 Å². The van der Waals surface area contributed by atoms with Crippen LogP contribution in [0.1, 0.15) is 5.56 Å². The Bertz CT molecular complexity index is 805. The molecule has 3 rings (SSSR count). The lowest BCUT2D eigenvalue weighted by Gasteiger charge is -2.05. The first kappa shape index (κ1) is 16.7. The van der Waals surface area contributed by atoms with E-state index >= 15 is 0 Å². The number of aromatic nitrogens is 2. The molecule has 1 N–H and O–H groups in total. The first-order valence-electron chi connectivity index (χ1n) is 7.22. The second-order valence-corrected chi connectivity index (χ2v) is 6.70. The highest BCUT2D eigenvalue weighted by Crippen LogP contribution is 2.26. The van der Waals surface area contributed by atoms with Gasteiger partial charge in [0.1, 0.15) is 5.82 Å². The second-order valence-electron chi connectivity index (χ2n) is 4.83. The van der Waals surface area contributed by atoms with Crippen molar-refractivity contribution in [3.05, 3.63) is 53.2 Å². The highest BCUT2D eigenvalue weighted by atomic mass is 32.2. The lowest BCUT2D eigenvalue weighted by molar-refractivity contribution is -0.118. The number of hydrogen-bond acceptors (Lipinski definition) is 6. The SMILES string of the molecule is O=C(CSc1nnc(-c2cccs2)o1)NCCc1ccccc1F. The van der Waals surface area contributed by atoms with Crippen LogP contribution >= 0.6 is 23.1 Å². The molecule has 0 spiro atoms. The minimum Gasteiger partial charge on any atom is -0.410 e. The van der Waals surface area contributed by atoms with Gasteiger partial charge in [0.15, 0.2) is 0 Å². The zero-order valence-corrected chi connectivity index (χ0v) is 14.2. The normalized spacial score (nSPS) is 10.7. The van der Waals surface area contributed by atoms with Gasteiger partial charge in [-0.15, -0.1) is 21.5 Å². The van der Waals surface area contributed by atoms with E-state index in [0.717, 1.165) is 4.88 Å². The molecule has 3 aromatic rings. The Hall–Kier alpha value is -2.19. The number of carbonyl (C=O) groups excluding carboxylic acids is 1. The van der Waals surface area contributed by atoms with Crippen LogP contribution in [0.3, 0.4) is 0 Å². The average Bonchev–Trinajstić information content (AvgIpc) is 3.26. The van der Waals surface area contributed by atoms with Crippen LogP contribution in [0.25, 0.3) is 10.8 Å². The van der Waals surface area contributed by atoms with Crippen LogP contribution in [0.15, 0.2) is 51.4 Å². The van der Waals surface area contributed by atoms with E-state index in [9.17, 15) is 9.18 Å². The predicted molar refractivity (Wildman–Crippen MR) is 91.4 cm³/mol. The van der Waals surface area contributed by atoms with Gasteiger partial charge in [-0.3, -0.25) is 4.79 Å². The van der Waals surface area contributed by atoms with Crippen molar-refractivity contribution in [1.29, 1.82) is 0 Å². The summed E-state index contributed by atoms with van der Waals surface area (Å²) in [7, 11) is 0. The molecule has 0 radical (unpaired) electrons. The second kappa shape index (κ2) is 8.07. The van der Waals surface area contributed by atoms with E-state index in [1.165, 1.54) is 29.2 Å². The number of nitrogens with zero attached hydrogens (tertiary/aromatic N) is 2. The molecule has 8 heteroatoms. The maximum Gasteiger partial charge on any atom is 0.277 e. The monoisotopic (exact) mass is 363 g/mol. The summed E-state index contributed by atoms with van der Waals surface area (Å²) >= 11 is 2.68. The molecule has 24 heavy (non-hydrogen) atoms. The molecular formula is C16H14FN3O2S2. The number of thioether (sulfide) groups is 1. The molecule has 124 valence electrons. The molecule has 0 aliphatic carbocycles. The first-order valence-corrected chi connectivity index (χ1v) is 9.09. The van der Waals surface area contributed by atoms with Gasteiger partial charge < -0.3 is 9.73 Å². The van der Waals surface area contributed by atoms with Crippen LogP contribution in [0.4, 0.5) is 4.39 Å². The summed E-state index contributed by atoms with van der Waals surface area (Å²) in [6.45, 7) is 0.380. The Morgan fingerprint density at radius 1 is 1.25 bits per heavy atom. The van der Waals surface area contributed by atoms with Crippen molar-refractivity contribution in [2.75, 3.05) is 12.3 Å². The molecule has 0 aliphatic rings. The molecular weight excluding hydrogens is 349 g/mol. The number of carbonyl (C=O) groups is 1. The van der Waals surface area contributed by atoms with Gasteiger partial charge in [0.25, 0.3) is 11.1 Å². The number of hydrogen-bond donors (Lipinski definition) is 1. The highest BCUT2D eigenvalue weighted by Gasteiger charge is 2.11. The Morgan fingerprint density at radius 3 is 2.92 bits per heavy atom. The van der Waals surface area contributed by atoms with E-state index in [-0.39, 0.29) is 17.5 Å². The minimum atomic E-state index is -0.256. The fourth-order valence-electron chi connectivity index (χ4n) is 1.98. The van der Waals surface area contributed by atoms with Gasteiger partial charge in [0, 0.05) is 6.54 Å². The molecule has 0 bridgehead atoms. The van der Waals surface area contributed by atoms with Crippen molar-refractivity contribution in [2.24, 2.45) is 0 Å². The van der Waals surface area contributed by atoms with E-state index < -0.39 is 0 Å². The Labute approximate surface area is 146 Å². The lowest BCUT2D eigenvalue weighted by atomic mass is 10.1. The largest absolute Gasteiger partial charge is 0.410 e. The number of nitrogens with one attached hydrogen (secondary N) is 1. The molecule has 1 aromatic carbocycles. The van der Waals surface area contributed by atoms with Crippen molar-refractivity contribution in [2.45, 2.75) is 11.6 Å². The van der Waals surface area contributed by atoms with Gasteiger partial charge >= 0.3 is 0 Å². The summed E-state index contributed by atoms with van der Waals surface area (Å²) in [4.78, 5) is 12.7. The van der Waals surface area contributed by atoms with Crippen LogP contribution in [-0.2, 0) is 11.2 Å². The lowest BCUT2D eigenvalue weighted by Crippen LogP contribution is -2.27. The smallest absolute Gasteiger partial charge is 0.277 e. The zero-order chi connectivity index (χ0) is 16.8. The van der Waals surface area contributed by atoms with Gasteiger partial charge in [0.05, 0.1) is 10.6 Å². The van der Waals surface area contributed by atoms with Gasteiger partial charge in [-0.1, -0.05) is 36.0 Å². The van der Waals surface area contributed by atoms with Gasteiger partial charge in [-0.05, 0) is 29.5 Å². The first-order chi connectivity index (χ1) is 11.7. The summed E-state index contributed by atoms with van der Waals surface area (Å²) < 4.78 is 18.9. The minimum absolute atomic E-state index is 0.160. The van der Waals surface area contributed by atoms with Crippen LogP contribution < -0.4 is 5.32 Å². The molecule has 0 saturated heterocycles. The van der Waals surface area contributed by atoms with E-state index in [1.807, 2.05) is 17.5 Å². The third-order valence-corrected chi connectivity index (χ3v) is 4.82. The summed E-state index contributed by atoms with van der Waals surface area (Å²) in [5.41, 5.74) is 0.586. The van der Waals surface area contributed by atoms with E-state index in [1.54, 1.807) is 18.2 Å². The standard InChI is InChI=1S/C16H14FN3O2S2/c17-12-5-2-1-4-11(12)7-8-18-14(21)10-24-16-20-19-15(22-16)13-6-3-9-23-13/h1-6,9H,7-8,10H2,(H,18,21). The van der Waals surface area contributed by atoms with Crippen molar-refractivity contribution in [1.82, 2.24) is 15.5 Å². The Kier molecular flexibility index (Phi) is 5.60. The van der Waals surface area contributed by atoms with E-state index in [2.05, 4.69) is 15.5 Å². The Balaban J connectivity index is 1.42. The molecule has 0 saturated carbocycles. The summed E-state index contributed by atoms with van der Waals surface area (Å²) in [5, 5.41) is 12.9. The third-order valence-electron chi connectivity index (χ3n) is 3.14. The van der Waals surface area contributed by atoms with Crippen LogP contribution in [0, 0.1) is 5.82 Å². The van der Waals surface area contributed by atoms with Crippen molar-refractivity contribution < 1.29 is 13.6 Å². The van der Waals surface area contributed by atoms with Crippen molar-refractivity contribution >= 4 is 29.0 Å². The molecule has 0 atom stereocenters. The van der Waals surface area contributed by atoms with Crippen molar-refractivity contribution in [3.8, 4) is 10.8 Å². The number of thiophene rings is 1. The number of amides is 1. The van der Waals surface area contributed by atoms with Gasteiger partial charge in [0.2, 0.25) is 5.91 Å². The van der Waals surface area contributed by atoms with Crippen molar-refractivity contribution in [3.63, 3.8) is 0 Å². The third kappa shape index (κ3) is 4.42. The summed E-state index contributed by atoms with van der Waals surface area (Å²) in [6, 6.07) is 10.3. The topological polar surface area (TPSA) is 68.0 Å². The Morgan fingerprint density at radius 2 is 2.12 bits per heavy atom. The molecule has 0 aliphatic heterocycles. The molecule has 2 aromatic heterocycles. The average molecular weight is 363 g/mol. The maximum absolute atomic E-state index is 13.5. The molecule has 5 nitrogen and oxygen atoms in total. The summed E-state index contributed by atoms with van der Waals surface area (Å²) in [5.74, 6) is 0.205. The maximum atomic E-state index is 13.5. The highest BCUT2D eigenvalue weighted by molar-refractivity contribution is 7.99. The molecule has 0 fully saturated rings. The van der Waals surface area contributed by atoms with Gasteiger partial charge in [-0.2, -0.15) is 0 Å². The fraction of sp³-hybridized carbons (Fsp3) is 0.188. The fourth-order valence-corrected chi connectivity index (χ4v) is 3.22. The van der Waals surface area contributed by atoms with E-state index in [0.29, 0.717) is 29.6 Å². The summed E-state index contributed by atoms with van der Waals surface area (Å²) in [6.07, 6.45) is 0.451. The predicted octanol–water partition coefficient (Wildman–Crippen LogP) is 3.39. The number of benzene rings is 1. The molecule has 2 heterocycles. The number of rotatable bonds is 7. The van der Waals surface area contributed by atoms with Crippen LogP contribution in [0.2, 0.25) is 0 Å². The van der Waals surface area contributed by atoms with Crippen LogP contribution in [-0.4, -0.2) is 28.4 Å². The quantitative estimate of drug-likeness (QED) is 0.652. The molecule has 1 amide bonds. The zero-order valence-electron chi connectivity index (χ0n) is 12.6. The van der Waals surface area contributed by atoms with E-state index in [4.69, 9.17) is 4.42 Å². The molecule has 0 unspecified atom stereocenters.